The molecule has 0 unspecified atom stereocenters. The summed E-state index contributed by atoms with van der Waals surface area (Å²) >= 11 is 0. The second-order valence-electron chi connectivity index (χ2n) is 3.43. The molecule has 0 aliphatic heterocycles. The van der Waals surface area contributed by atoms with Crippen LogP contribution in [0.1, 0.15) is 33.1 Å². The van der Waals surface area contributed by atoms with E-state index in [1.807, 2.05) is 0 Å². The van der Waals surface area contributed by atoms with Gasteiger partial charge in [0, 0.05) is 6.04 Å². The quantitative estimate of drug-likeness (QED) is 0.527. The van der Waals surface area contributed by atoms with Gasteiger partial charge in [0.15, 0.2) is 0 Å². The van der Waals surface area contributed by atoms with Crippen LogP contribution in [-0.4, -0.2) is 6.04 Å². The molecule has 0 saturated heterocycles. The maximum absolute atomic E-state index is 5.87. The second-order valence-corrected chi connectivity index (χ2v) is 3.43. The summed E-state index contributed by atoms with van der Waals surface area (Å²) in [7, 11) is 0. The molecule has 0 aromatic carbocycles. The van der Waals surface area contributed by atoms with Crippen molar-refractivity contribution in [3.8, 4) is 0 Å². The van der Waals surface area contributed by atoms with Gasteiger partial charge >= 0.3 is 0 Å². The van der Waals surface area contributed by atoms with Gasteiger partial charge in [-0.3, -0.25) is 0 Å². The van der Waals surface area contributed by atoms with Crippen molar-refractivity contribution in [1.29, 1.82) is 0 Å². The van der Waals surface area contributed by atoms with Gasteiger partial charge in [0.05, 0.1) is 0 Å². The van der Waals surface area contributed by atoms with Crippen molar-refractivity contribution < 1.29 is 0 Å². The molecule has 0 spiro atoms. The molecular weight excluding hydrogens is 110 g/mol. The fourth-order valence-electron chi connectivity index (χ4n) is 1.62. The van der Waals surface area contributed by atoms with E-state index < -0.39 is 0 Å². The largest absolute Gasteiger partial charge is 0.327 e. The molecule has 1 heteroatoms. The summed E-state index contributed by atoms with van der Waals surface area (Å²) in [5.74, 6) is 1.60. The van der Waals surface area contributed by atoms with Gasteiger partial charge in [-0.15, -0.1) is 0 Å². The maximum atomic E-state index is 5.87. The van der Waals surface area contributed by atoms with E-state index in [9.17, 15) is 0 Å². The Bertz CT molecular complexity index is 80.6. The zero-order valence-corrected chi connectivity index (χ0v) is 6.43. The van der Waals surface area contributed by atoms with E-state index in [1.54, 1.807) is 0 Å². The number of hydrogen-bond acceptors (Lipinski definition) is 1. The zero-order valence-electron chi connectivity index (χ0n) is 6.43. The van der Waals surface area contributed by atoms with Crippen molar-refractivity contribution in [2.75, 3.05) is 0 Å². The van der Waals surface area contributed by atoms with Gasteiger partial charge in [-0.05, 0) is 18.3 Å². The fourth-order valence-corrected chi connectivity index (χ4v) is 1.62. The van der Waals surface area contributed by atoms with E-state index >= 15 is 0 Å². The maximum Gasteiger partial charge on any atom is 0.00670 e. The van der Waals surface area contributed by atoms with Gasteiger partial charge in [0.2, 0.25) is 0 Å². The van der Waals surface area contributed by atoms with Crippen molar-refractivity contribution in [1.82, 2.24) is 0 Å². The van der Waals surface area contributed by atoms with Gasteiger partial charge in [-0.1, -0.05) is 26.7 Å². The van der Waals surface area contributed by atoms with E-state index in [4.69, 9.17) is 5.73 Å². The normalized spacial score (nSPS) is 45.0. The molecule has 1 fully saturated rings. The minimum atomic E-state index is 0.480. The van der Waals surface area contributed by atoms with Gasteiger partial charge in [0.1, 0.15) is 0 Å². The lowest BCUT2D eigenvalue weighted by Gasteiger charge is -2.31. The predicted molar refractivity (Wildman–Crippen MR) is 40.2 cm³/mol. The van der Waals surface area contributed by atoms with Gasteiger partial charge in [-0.25, -0.2) is 0 Å². The monoisotopic (exact) mass is 127 g/mol. The number of hydrogen-bond donors (Lipinski definition) is 1. The van der Waals surface area contributed by atoms with Crippen LogP contribution in [0.15, 0.2) is 0 Å². The molecule has 0 bridgehead atoms. The van der Waals surface area contributed by atoms with E-state index in [0.29, 0.717) is 6.04 Å². The third-order valence-electron chi connectivity index (χ3n) is 2.77. The van der Waals surface area contributed by atoms with Crippen LogP contribution in [0.3, 0.4) is 0 Å². The second kappa shape index (κ2) is 2.70. The first-order valence-corrected chi connectivity index (χ1v) is 3.97. The first-order chi connectivity index (χ1) is 4.22. The van der Waals surface area contributed by atoms with Crippen LogP contribution in [0.2, 0.25) is 0 Å². The Balaban J connectivity index is 2.41. The number of nitrogens with two attached hydrogens (primary N) is 1. The van der Waals surface area contributed by atoms with Crippen molar-refractivity contribution in [3.63, 3.8) is 0 Å². The van der Waals surface area contributed by atoms with E-state index in [2.05, 4.69) is 13.8 Å². The Morgan fingerprint density at radius 3 is 2.33 bits per heavy atom. The minimum absolute atomic E-state index is 0.480. The Morgan fingerprint density at radius 2 is 1.89 bits per heavy atom. The Morgan fingerprint density at radius 1 is 1.22 bits per heavy atom. The number of rotatable bonds is 0. The zero-order chi connectivity index (χ0) is 6.85. The topological polar surface area (TPSA) is 26.0 Å². The average molecular weight is 127 g/mol. The molecule has 2 N–H and O–H groups in total. The predicted octanol–water partition coefficient (Wildman–Crippen LogP) is 1.77. The molecule has 1 aliphatic carbocycles. The van der Waals surface area contributed by atoms with E-state index in [-0.39, 0.29) is 0 Å². The molecule has 0 radical (unpaired) electrons. The van der Waals surface area contributed by atoms with Crippen LogP contribution >= 0.6 is 0 Å². The smallest absolute Gasteiger partial charge is 0.00670 e. The highest BCUT2D eigenvalue weighted by atomic mass is 14.7. The Kier molecular flexibility index (Phi) is 2.12. The SMILES string of the molecule is C[C@@H]1[C@H](N)CCC[C@@H]1C. The van der Waals surface area contributed by atoms with Crippen LogP contribution in [0.25, 0.3) is 0 Å². The van der Waals surface area contributed by atoms with Gasteiger partial charge in [-0.2, -0.15) is 0 Å². The van der Waals surface area contributed by atoms with Crippen LogP contribution in [0.4, 0.5) is 0 Å². The lowest BCUT2D eigenvalue weighted by atomic mass is 9.78. The van der Waals surface area contributed by atoms with Crippen LogP contribution in [0.5, 0.6) is 0 Å². The molecule has 0 heterocycles. The van der Waals surface area contributed by atoms with Crippen LogP contribution in [-0.2, 0) is 0 Å². The third kappa shape index (κ3) is 1.45. The molecule has 1 nitrogen and oxygen atoms in total. The highest BCUT2D eigenvalue weighted by molar-refractivity contribution is 4.78. The molecule has 0 aromatic rings. The summed E-state index contributed by atoms with van der Waals surface area (Å²) in [5.41, 5.74) is 5.87. The molecule has 1 aliphatic rings. The highest BCUT2D eigenvalue weighted by Crippen LogP contribution is 2.27. The summed E-state index contributed by atoms with van der Waals surface area (Å²) in [5, 5.41) is 0. The van der Waals surface area contributed by atoms with E-state index in [1.165, 1.54) is 19.3 Å². The molecule has 3 atom stereocenters. The van der Waals surface area contributed by atoms with Crippen molar-refractivity contribution >= 4 is 0 Å². The average Bonchev–Trinajstić information content (AvgIpc) is 1.83. The summed E-state index contributed by atoms with van der Waals surface area (Å²) in [4.78, 5) is 0. The summed E-state index contributed by atoms with van der Waals surface area (Å²) in [6, 6.07) is 0.480. The lowest BCUT2D eigenvalue weighted by Crippen LogP contribution is -2.35. The standard InChI is InChI=1S/C8H17N/c1-6-4-3-5-8(9)7(6)2/h6-8H,3-5,9H2,1-2H3/t6-,7-,8+/m0/s1. The first-order valence-electron chi connectivity index (χ1n) is 3.97. The molecule has 0 amide bonds. The fraction of sp³-hybridized carbons (Fsp3) is 1.00. The first kappa shape index (κ1) is 7.07. The lowest BCUT2D eigenvalue weighted by molar-refractivity contribution is 0.240. The third-order valence-corrected chi connectivity index (χ3v) is 2.77. The van der Waals surface area contributed by atoms with Crippen LogP contribution < -0.4 is 5.73 Å². The van der Waals surface area contributed by atoms with Crippen molar-refractivity contribution in [2.24, 2.45) is 17.6 Å². The summed E-state index contributed by atoms with van der Waals surface area (Å²) in [6.45, 7) is 4.58. The van der Waals surface area contributed by atoms with E-state index in [0.717, 1.165) is 11.8 Å². The summed E-state index contributed by atoms with van der Waals surface area (Å²) < 4.78 is 0. The highest BCUT2D eigenvalue weighted by Gasteiger charge is 2.23. The molecule has 1 rings (SSSR count). The molecule has 0 aromatic heterocycles. The van der Waals surface area contributed by atoms with Crippen molar-refractivity contribution in [2.45, 2.75) is 39.2 Å². The Hall–Kier alpha value is -0.0400. The summed E-state index contributed by atoms with van der Waals surface area (Å²) in [6.07, 6.45) is 3.97. The van der Waals surface area contributed by atoms with Crippen LogP contribution in [0, 0.1) is 11.8 Å². The molecule has 9 heavy (non-hydrogen) atoms. The van der Waals surface area contributed by atoms with Gasteiger partial charge < -0.3 is 5.73 Å². The van der Waals surface area contributed by atoms with Gasteiger partial charge in [0.25, 0.3) is 0 Å². The van der Waals surface area contributed by atoms with Crippen molar-refractivity contribution in [3.05, 3.63) is 0 Å². The molecule has 54 valence electrons. The molecule has 1 saturated carbocycles. The molecular formula is C8H17N. The minimum Gasteiger partial charge on any atom is -0.327 e. The Labute approximate surface area is 57.6 Å².